The van der Waals surface area contributed by atoms with E-state index in [2.05, 4.69) is 40.6 Å². The van der Waals surface area contributed by atoms with Gasteiger partial charge in [-0.3, -0.25) is 4.79 Å². The molecule has 44 heavy (non-hydrogen) atoms. The summed E-state index contributed by atoms with van der Waals surface area (Å²) in [4.78, 5) is 28.7. The van der Waals surface area contributed by atoms with E-state index >= 15 is 0 Å². The normalized spacial score (nSPS) is 30.4. The molecule has 4 bridgehead atoms. The van der Waals surface area contributed by atoms with Gasteiger partial charge in [0.15, 0.2) is 11.6 Å². The van der Waals surface area contributed by atoms with E-state index in [-0.39, 0.29) is 53.2 Å². The molecule has 2 heterocycles. The molecule has 0 N–H and O–H groups in total. The molecule has 0 aliphatic heterocycles. The number of nitrogens with zero attached hydrogens (tertiary/aromatic N) is 5. The van der Waals surface area contributed by atoms with E-state index in [1.54, 1.807) is 18.2 Å². The zero-order valence-electron chi connectivity index (χ0n) is 25.1. The average molecular weight is 612 g/mol. The van der Waals surface area contributed by atoms with E-state index in [0.717, 1.165) is 56.7 Å². The second-order valence-electron chi connectivity index (χ2n) is 14.5. The highest BCUT2D eigenvalue weighted by Crippen LogP contribution is 2.70. The number of amides is 1. The van der Waals surface area contributed by atoms with Crippen molar-refractivity contribution in [1.29, 1.82) is 0 Å². The smallest absolute Gasteiger partial charge is 0.387 e. The van der Waals surface area contributed by atoms with E-state index in [0.29, 0.717) is 23.9 Å². The predicted octanol–water partition coefficient (Wildman–Crippen LogP) is 7.07. The van der Waals surface area contributed by atoms with E-state index in [4.69, 9.17) is 14.2 Å². The van der Waals surface area contributed by atoms with Gasteiger partial charge in [-0.15, -0.1) is 0 Å². The molecule has 0 saturated heterocycles. The van der Waals surface area contributed by atoms with Gasteiger partial charge in [0.2, 0.25) is 11.8 Å². The summed E-state index contributed by atoms with van der Waals surface area (Å²) < 4.78 is 55.3. The van der Waals surface area contributed by atoms with Gasteiger partial charge in [-0.25, -0.2) is 4.39 Å². The lowest BCUT2D eigenvalue weighted by Gasteiger charge is -2.65. The highest BCUT2D eigenvalue weighted by atomic mass is 19.3. The third kappa shape index (κ3) is 4.99. The maximum atomic E-state index is 14.6. The Balaban J connectivity index is 1.11. The molecule has 0 atom stereocenters. The van der Waals surface area contributed by atoms with Crippen LogP contribution in [-0.4, -0.2) is 44.8 Å². The lowest BCUT2D eigenvalue weighted by atomic mass is 9.41. The SMILES string of the molecule is CC(C)(C)c1nc(C23CCC(CN(C(=O)C45CC(F)(C4)C5)c4cccc(Oc5ncc(OC(F)F)cn5)c4)(CC2)CC3)no1. The monoisotopic (exact) mass is 611 g/mol. The van der Waals surface area contributed by atoms with Crippen molar-refractivity contribution in [3.63, 3.8) is 0 Å². The number of halogens is 3. The lowest BCUT2D eigenvalue weighted by Crippen LogP contribution is -2.71. The molecule has 6 saturated carbocycles. The van der Waals surface area contributed by atoms with Crippen LogP contribution >= 0.6 is 0 Å². The van der Waals surface area contributed by atoms with Crippen molar-refractivity contribution < 1.29 is 32.0 Å². The van der Waals surface area contributed by atoms with Gasteiger partial charge in [0.1, 0.15) is 11.4 Å². The van der Waals surface area contributed by atoms with Crippen molar-refractivity contribution in [2.24, 2.45) is 10.8 Å². The molecule has 1 amide bonds. The van der Waals surface area contributed by atoms with E-state index in [1.807, 2.05) is 11.0 Å². The highest BCUT2D eigenvalue weighted by molar-refractivity contribution is 6.00. The predicted molar refractivity (Wildman–Crippen MR) is 152 cm³/mol. The Morgan fingerprint density at radius 2 is 1.68 bits per heavy atom. The number of aromatic nitrogens is 4. The summed E-state index contributed by atoms with van der Waals surface area (Å²) in [5, 5.41) is 4.41. The van der Waals surface area contributed by atoms with Crippen LogP contribution < -0.4 is 14.4 Å². The molecule has 6 aliphatic carbocycles. The molecule has 6 fully saturated rings. The van der Waals surface area contributed by atoms with Gasteiger partial charge in [-0.05, 0) is 75.3 Å². The number of hydrogen-bond acceptors (Lipinski definition) is 8. The Hall–Kier alpha value is -3.70. The summed E-state index contributed by atoms with van der Waals surface area (Å²) in [6.45, 7) is 3.73. The van der Waals surface area contributed by atoms with Crippen molar-refractivity contribution in [2.45, 2.75) is 102 Å². The number of alkyl halides is 3. The molecule has 2 aromatic heterocycles. The molecular formula is C32H36F3N5O4. The zero-order chi connectivity index (χ0) is 31.0. The Labute approximate surface area is 253 Å². The fourth-order valence-electron chi connectivity index (χ4n) is 7.71. The summed E-state index contributed by atoms with van der Waals surface area (Å²) in [7, 11) is 0. The van der Waals surface area contributed by atoms with Gasteiger partial charge in [0, 0.05) is 29.1 Å². The van der Waals surface area contributed by atoms with Crippen molar-refractivity contribution in [1.82, 2.24) is 20.1 Å². The molecule has 12 heteroatoms. The first-order chi connectivity index (χ1) is 20.8. The van der Waals surface area contributed by atoms with Crippen LogP contribution in [0.2, 0.25) is 0 Å². The number of carbonyl (C=O) groups excluding carboxylic acids is 1. The molecule has 1 aromatic carbocycles. The van der Waals surface area contributed by atoms with Crippen LogP contribution in [0.4, 0.5) is 18.9 Å². The minimum absolute atomic E-state index is 0.0382. The van der Waals surface area contributed by atoms with Crippen molar-refractivity contribution >= 4 is 11.6 Å². The number of anilines is 1. The van der Waals surface area contributed by atoms with Gasteiger partial charge in [-0.1, -0.05) is 32.0 Å². The molecule has 0 unspecified atom stereocenters. The molecule has 0 radical (unpaired) electrons. The summed E-state index contributed by atoms with van der Waals surface area (Å²) >= 11 is 0. The molecule has 3 aromatic rings. The van der Waals surface area contributed by atoms with Gasteiger partial charge >= 0.3 is 12.6 Å². The first kappa shape index (κ1) is 29.0. The van der Waals surface area contributed by atoms with Crippen LogP contribution in [0.3, 0.4) is 0 Å². The van der Waals surface area contributed by atoms with Gasteiger partial charge in [-0.2, -0.15) is 23.7 Å². The standard InChI is InChI=1S/C32H36F3N5O4/c1-28(2,3)24-38-23(39-44-24)30-10-7-29(8-11-30,9-12-30)19-40(25(41)31-16-32(35,17-31)18-31)20-5-4-6-21(13-20)43-27-36-14-22(15-37-27)42-26(33)34/h4-6,13-15,26H,7-12,16-19H2,1-3H3. The average Bonchev–Trinajstić information content (AvgIpc) is 3.48. The maximum Gasteiger partial charge on any atom is 0.387 e. The molecule has 6 aliphatic rings. The van der Waals surface area contributed by atoms with E-state index < -0.39 is 17.7 Å². The second kappa shape index (κ2) is 9.90. The minimum Gasteiger partial charge on any atom is -0.432 e. The molecule has 234 valence electrons. The van der Waals surface area contributed by atoms with E-state index in [1.165, 1.54) is 0 Å². The van der Waals surface area contributed by atoms with Gasteiger partial charge in [0.05, 0.1) is 17.8 Å². The van der Waals surface area contributed by atoms with Crippen LogP contribution in [-0.2, 0) is 15.6 Å². The van der Waals surface area contributed by atoms with Gasteiger partial charge < -0.3 is 18.9 Å². The Morgan fingerprint density at radius 1 is 1.02 bits per heavy atom. The zero-order valence-corrected chi connectivity index (χ0v) is 25.1. The largest absolute Gasteiger partial charge is 0.432 e. The first-order valence-electron chi connectivity index (χ1n) is 15.2. The van der Waals surface area contributed by atoms with Crippen LogP contribution in [0.1, 0.15) is 90.3 Å². The first-order valence-corrected chi connectivity index (χ1v) is 15.2. The van der Waals surface area contributed by atoms with Crippen LogP contribution in [0.5, 0.6) is 17.5 Å². The summed E-state index contributed by atoms with van der Waals surface area (Å²) in [5.41, 5.74) is -1.59. The number of benzene rings is 1. The Morgan fingerprint density at radius 3 is 2.25 bits per heavy atom. The lowest BCUT2D eigenvalue weighted by molar-refractivity contribution is -0.211. The van der Waals surface area contributed by atoms with Gasteiger partial charge in [0.25, 0.3) is 0 Å². The molecule has 9 rings (SSSR count). The number of carbonyl (C=O) groups is 1. The van der Waals surface area contributed by atoms with E-state index in [9.17, 15) is 18.0 Å². The van der Waals surface area contributed by atoms with Crippen molar-refractivity contribution in [3.05, 3.63) is 48.4 Å². The van der Waals surface area contributed by atoms with Crippen LogP contribution in [0, 0.1) is 10.8 Å². The summed E-state index contributed by atoms with van der Waals surface area (Å²) in [6.07, 6.45) is 8.56. The maximum absolute atomic E-state index is 14.6. The Bertz CT molecular complexity index is 1530. The second-order valence-corrected chi connectivity index (χ2v) is 14.5. The quantitative estimate of drug-likeness (QED) is 0.253. The van der Waals surface area contributed by atoms with Crippen LogP contribution in [0.15, 0.2) is 41.2 Å². The molecular weight excluding hydrogens is 575 g/mol. The molecule has 9 nitrogen and oxygen atoms in total. The van der Waals surface area contributed by atoms with Crippen LogP contribution in [0.25, 0.3) is 0 Å². The third-order valence-electron chi connectivity index (χ3n) is 10.3. The van der Waals surface area contributed by atoms with Crippen molar-refractivity contribution in [2.75, 3.05) is 11.4 Å². The number of fused-ring (bicyclic) bond motifs is 3. The molecule has 0 spiro atoms. The number of hydrogen-bond donors (Lipinski definition) is 0. The fourth-order valence-corrected chi connectivity index (χ4v) is 7.71. The summed E-state index contributed by atoms with van der Waals surface area (Å²) in [5.74, 6) is 1.61. The van der Waals surface area contributed by atoms with Crippen molar-refractivity contribution in [3.8, 4) is 17.5 Å². The number of rotatable bonds is 9. The minimum atomic E-state index is -2.98. The summed E-state index contributed by atoms with van der Waals surface area (Å²) in [6, 6.07) is 7.06. The third-order valence-corrected chi connectivity index (χ3v) is 10.3. The fraction of sp³-hybridized carbons (Fsp3) is 0.594. The Kier molecular flexibility index (Phi) is 6.53. The number of ether oxygens (including phenoxy) is 2. The topological polar surface area (TPSA) is 103 Å². The highest BCUT2D eigenvalue weighted by Gasteiger charge is 2.73.